The van der Waals surface area contributed by atoms with Crippen LogP contribution in [0.1, 0.15) is 12.5 Å². The third kappa shape index (κ3) is 4.63. The van der Waals surface area contributed by atoms with Crippen molar-refractivity contribution < 1.29 is 14.3 Å². The molecule has 1 amide bonds. The molecular weight excluding hydrogens is 426 g/mol. The summed E-state index contributed by atoms with van der Waals surface area (Å²) in [5, 5.41) is 3.17. The largest absolute Gasteiger partial charge is 0.486 e. The third-order valence-corrected chi connectivity index (χ3v) is 5.96. The van der Waals surface area contributed by atoms with Crippen molar-refractivity contribution in [2.24, 2.45) is 0 Å². The maximum absolute atomic E-state index is 12.4. The molecule has 4 nitrogen and oxygen atoms in total. The van der Waals surface area contributed by atoms with Crippen molar-refractivity contribution in [1.82, 2.24) is 0 Å². The van der Waals surface area contributed by atoms with Crippen LogP contribution in [-0.2, 0) is 10.5 Å². The van der Waals surface area contributed by atoms with Gasteiger partial charge in [-0.15, -0.1) is 11.8 Å². The number of carbonyl (C=O) groups excluding carboxylic acids is 1. The Morgan fingerprint density at radius 3 is 2.68 bits per heavy atom. The van der Waals surface area contributed by atoms with E-state index in [1.807, 2.05) is 31.2 Å². The Hall–Kier alpha value is -1.37. The van der Waals surface area contributed by atoms with Crippen LogP contribution >= 0.6 is 39.3 Å². The monoisotopic (exact) mass is 441 g/mol. The Balaban J connectivity index is 1.61. The molecule has 1 aliphatic rings. The van der Waals surface area contributed by atoms with E-state index in [1.165, 1.54) is 0 Å². The van der Waals surface area contributed by atoms with Gasteiger partial charge in [0.25, 0.3) is 0 Å². The lowest BCUT2D eigenvalue weighted by molar-refractivity contribution is -0.115. The molecule has 0 spiro atoms. The second kappa shape index (κ2) is 8.34. The normalized spacial score (nSPS) is 14.0. The quantitative estimate of drug-likeness (QED) is 0.697. The molecule has 1 unspecified atom stereocenters. The summed E-state index contributed by atoms with van der Waals surface area (Å²) in [7, 11) is 0. The summed E-state index contributed by atoms with van der Waals surface area (Å²) >= 11 is 11.2. The van der Waals surface area contributed by atoms with E-state index >= 15 is 0 Å². The lowest BCUT2D eigenvalue weighted by atomic mass is 10.2. The van der Waals surface area contributed by atoms with Crippen LogP contribution in [0.2, 0.25) is 5.02 Å². The molecule has 0 aliphatic carbocycles. The lowest BCUT2D eigenvalue weighted by Crippen LogP contribution is -2.22. The van der Waals surface area contributed by atoms with Crippen molar-refractivity contribution in [3.05, 3.63) is 51.5 Å². The average molecular weight is 443 g/mol. The highest BCUT2D eigenvalue weighted by molar-refractivity contribution is 9.10. The summed E-state index contributed by atoms with van der Waals surface area (Å²) < 4.78 is 12.1. The summed E-state index contributed by atoms with van der Waals surface area (Å²) in [4.78, 5) is 12.4. The van der Waals surface area contributed by atoms with Gasteiger partial charge in [-0.1, -0.05) is 39.7 Å². The molecule has 0 radical (unpaired) electrons. The molecule has 132 valence electrons. The number of hydrogen-bond acceptors (Lipinski definition) is 4. The first-order valence-electron chi connectivity index (χ1n) is 7.79. The van der Waals surface area contributed by atoms with Crippen molar-refractivity contribution in [1.29, 1.82) is 0 Å². The summed E-state index contributed by atoms with van der Waals surface area (Å²) in [6.45, 7) is 2.99. The average Bonchev–Trinajstić information content (AvgIpc) is 2.61. The zero-order chi connectivity index (χ0) is 17.8. The van der Waals surface area contributed by atoms with Crippen molar-refractivity contribution in [3.8, 4) is 11.5 Å². The minimum absolute atomic E-state index is 0.0771. The van der Waals surface area contributed by atoms with Gasteiger partial charge in [0.2, 0.25) is 5.91 Å². The molecule has 1 heterocycles. The van der Waals surface area contributed by atoms with Crippen LogP contribution < -0.4 is 14.8 Å². The standard InChI is InChI=1S/C18H17BrClNO3S/c1-11(18(22)21-15-5-3-2-4-14(15)20)25-10-12-8-16-17(9-13(12)19)24-7-6-23-16/h2-5,8-9,11H,6-7,10H2,1H3,(H,21,22). The first-order chi connectivity index (χ1) is 12.0. The number of para-hydroxylation sites is 1. The van der Waals surface area contributed by atoms with Crippen LogP contribution in [0.25, 0.3) is 0 Å². The van der Waals surface area contributed by atoms with Crippen LogP contribution in [0.15, 0.2) is 40.9 Å². The summed E-state index contributed by atoms with van der Waals surface area (Å²) in [5.74, 6) is 2.09. The van der Waals surface area contributed by atoms with Crippen LogP contribution in [0.5, 0.6) is 11.5 Å². The van der Waals surface area contributed by atoms with Crippen LogP contribution in [0, 0.1) is 0 Å². The van der Waals surface area contributed by atoms with Gasteiger partial charge in [0.1, 0.15) is 13.2 Å². The molecule has 7 heteroatoms. The fourth-order valence-electron chi connectivity index (χ4n) is 2.30. The Morgan fingerprint density at radius 1 is 1.28 bits per heavy atom. The van der Waals surface area contributed by atoms with Crippen molar-refractivity contribution in [3.63, 3.8) is 0 Å². The number of rotatable bonds is 5. The number of benzene rings is 2. The van der Waals surface area contributed by atoms with E-state index in [2.05, 4.69) is 21.2 Å². The van der Waals surface area contributed by atoms with Crippen molar-refractivity contribution in [2.75, 3.05) is 18.5 Å². The van der Waals surface area contributed by atoms with Crippen LogP contribution in [-0.4, -0.2) is 24.4 Å². The summed E-state index contributed by atoms with van der Waals surface area (Å²) in [6.07, 6.45) is 0. The Morgan fingerprint density at radius 2 is 1.96 bits per heavy atom. The molecular formula is C18H17BrClNO3S. The Kier molecular flexibility index (Phi) is 6.15. The maximum atomic E-state index is 12.4. The predicted molar refractivity (Wildman–Crippen MR) is 106 cm³/mol. The van der Waals surface area contributed by atoms with Crippen LogP contribution in [0.3, 0.4) is 0 Å². The number of carbonyl (C=O) groups is 1. The smallest absolute Gasteiger partial charge is 0.237 e. The van der Waals surface area contributed by atoms with Gasteiger partial charge in [-0.2, -0.15) is 0 Å². The van der Waals surface area contributed by atoms with Crippen molar-refractivity contribution >= 4 is 50.9 Å². The van der Waals surface area contributed by atoms with Gasteiger partial charge in [0.15, 0.2) is 11.5 Å². The van der Waals surface area contributed by atoms with E-state index < -0.39 is 0 Å². The molecule has 0 bridgehead atoms. The predicted octanol–water partition coefficient (Wildman–Crippen LogP) is 5.13. The highest BCUT2D eigenvalue weighted by Crippen LogP contribution is 2.37. The molecule has 0 aromatic heterocycles. The van der Waals surface area contributed by atoms with Gasteiger partial charge in [-0.05, 0) is 36.8 Å². The van der Waals surface area contributed by atoms with E-state index in [9.17, 15) is 4.79 Å². The second-order valence-electron chi connectivity index (χ2n) is 5.51. The highest BCUT2D eigenvalue weighted by Gasteiger charge is 2.18. The zero-order valence-corrected chi connectivity index (χ0v) is 16.7. The number of amides is 1. The molecule has 2 aromatic rings. The molecule has 0 fully saturated rings. The van der Waals surface area contributed by atoms with E-state index in [-0.39, 0.29) is 11.2 Å². The Bertz CT molecular complexity index is 787. The molecule has 1 N–H and O–H groups in total. The number of anilines is 1. The molecule has 3 rings (SSSR count). The molecule has 0 saturated carbocycles. The first kappa shape index (κ1) is 18.4. The van der Waals surface area contributed by atoms with E-state index in [0.717, 1.165) is 21.5 Å². The molecule has 1 aliphatic heterocycles. The van der Waals surface area contributed by atoms with E-state index in [1.54, 1.807) is 23.9 Å². The second-order valence-corrected chi connectivity index (χ2v) is 8.10. The lowest BCUT2D eigenvalue weighted by Gasteiger charge is -2.20. The van der Waals surface area contributed by atoms with Gasteiger partial charge >= 0.3 is 0 Å². The fraction of sp³-hybridized carbons (Fsp3) is 0.278. The topological polar surface area (TPSA) is 47.6 Å². The van der Waals surface area contributed by atoms with Gasteiger partial charge in [-0.3, -0.25) is 4.79 Å². The number of ether oxygens (including phenoxy) is 2. The van der Waals surface area contributed by atoms with Gasteiger partial charge in [0, 0.05) is 10.2 Å². The van der Waals surface area contributed by atoms with E-state index in [0.29, 0.717) is 29.7 Å². The molecule has 1 atom stereocenters. The fourth-order valence-corrected chi connectivity index (χ4v) is 4.01. The maximum Gasteiger partial charge on any atom is 0.237 e. The summed E-state index contributed by atoms with van der Waals surface area (Å²) in [5.41, 5.74) is 1.69. The van der Waals surface area contributed by atoms with Gasteiger partial charge in [-0.25, -0.2) is 0 Å². The van der Waals surface area contributed by atoms with Gasteiger partial charge in [0.05, 0.1) is 16.0 Å². The first-order valence-corrected chi connectivity index (χ1v) is 10.0. The number of fused-ring (bicyclic) bond motifs is 1. The van der Waals surface area contributed by atoms with Crippen molar-refractivity contribution in [2.45, 2.75) is 17.9 Å². The zero-order valence-electron chi connectivity index (χ0n) is 13.6. The third-order valence-electron chi connectivity index (χ3n) is 3.70. The molecule has 25 heavy (non-hydrogen) atoms. The number of nitrogens with one attached hydrogen (secondary N) is 1. The summed E-state index contributed by atoms with van der Waals surface area (Å²) in [6, 6.07) is 11.1. The minimum atomic E-state index is -0.226. The van der Waals surface area contributed by atoms with Gasteiger partial charge < -0.3 is 14.8 Å². The Labute approximate surface area is 164 Å². The van der Waals surface area contributed by atoms with E-state index in [4.69, 9.17) is 21.1 Å². The SMILES string of the molecule is CC(SCc1cc2c(cc1Br)OCCO2)C(=O)Nc1ccccc1Cl. The number of hydrogen-bond donors (Lipinski definition) is 1. The number of thioether (sulfide) groups is 1. The number of halogens is 2. The highest BCUT2D eigenvalue weighted by atomic mass is 79.9. The molecule has 0 saturated heterocycles. The van der Waals surface area contributed by atoms with Crippen LogP contribution in [0.4, 0.5) is 5.69 Å². The molecule has 2 aromatic carbocycles. The minimum Gasteiger partial charge on any atom is -0.486 e.